The van der Waals surface area contributed by atoms with E-state index >= 15 is 0 Å². The van der Waals surface area contributed by atoms with E-state index in [1.807, 2.05) is 12.3 Å². The highest BCUT2D eigenvalue weighted by atomic mass is 16.1. The number of rotatable bonds is 1. The van der Waals surface area contributed by atoms with E-state index in [2.05, 4.69) is 10.3 Å². The Balaban J connectivity index is 2.27. The van der Waals surface area contributed by atoms with Crippen molar-refractivity contribution in [3.63, 3.8) is 0 Å². The molecule has 3 nitrogen and oxygen atoms in total. The lowest BCUT2D eigenvalue weighted by Crippen LogP contribution is -2.28. The van der Waals surface area contributed by atoms with Crippen LogP contribution >= 0.6 is 0 Å². The summed E-state index contributed by atoms with van der Waals surface area (Å²) in [6, 6.07) is 0. The van der Waals surface area contributed by atoms with Crippen LogP contribution in [0.25, 0.3) is 0 Å². The van der Waals surface area contributed by atoms with Gasteiger partial charge in [-0.15, -0.1) is 0 Å². The largest absolute Gasteiger partial charge is 0.350 e. The minimum absolute atomic E-state index is 0.192. The van der Waals surface area contributed by atoms with Crippen LogP contribution < -0.4 is 5.32 Å². The van der Waals surface area contributed by atoms with E-state index in [9.17, 15) is 4.79 Å². The minimum atomic E-state index is 0.192. The van der Waals surface area contributed by atoms with Crippen molar-refractivity contribution in [3.8, 4) is 0 Å². The zero-order valence-electron chi connectivity index (χ0n) is 5.95. The molecule has 0 saturated carbocycles. The fourth-order valence-corrected chi connectivity index (χ4v) is 1.33. The first-order chi connectivity index (χ1) is 5.42. The number of aldehydes is 1. The first kappa shape index (κ1) is 6.34. The van der Waals surface area contributed by atoms with Crippen molar-refractivity contribution in [2.75, 3.05) is 0 Å². The number of aliphatic imine (C=N–C) groups is 1. The van der Waals surface area contributed by atoms with Crippen LogP contribution in [0.1, 0.15) is 6.42 Å². The predicted octanol–water partition coefficient (Wildman–Crippen LogP) is 0.605. The number of nitrogens with one attached hydrogen (secondary N) is 1. The van der Waals surface area contributed by atoms with Gasteiger partial charge in [-0.25, -0.2) is 4.99 Å². The molecule has 0 aliphatic carbocycles. The molecule has 0 saturated heterocycles. The molecule has 1 atom stereocenters. The van der Waals surface area contributed by atoms with Crippen LogP contribution in [0.5, 0.6) is 0 Å². The lowest BCUT2D eigenvalue weighted by molar-refractivity contribution is -0.105. The van der Waals surface area contributed by atoms with Crippen LogP contribution in [0.2, 0.25) is 0 Å². The van der Waals surface area contributed by atoms with Crippen LogP contribution in [-0.2, 0) is 4.79 Å². The van der Waals surface area contributed by atoms with Crippen LogP contribution in [0.15, 0.2) is 29.0 Å². The van der Waals surface area contributed by atoms with Crippen molar-refractivity contribution >= 4 is 12.1 Å². The lowest BCUT2D eigenvalue weighted by atomic mass is 9.96. The highest BCUT2D eigenvalue weighted by molar-refractivity contribution is 5.98. The Morgan fingerprint density at radius 3 is 3.45 bits per heavy atom. The Morgan fingerprint density at radius 1 is 1.73 bits per heavy atom. The van der Waals surface area contributed by atoms with Crippen LogP contribution in [0, 0.1) is 5.92 Å². The topological polar surface area (TPSA) is 41.5 Å². The highest BCUT2D eigenvalue weighted by Crippen LogP contribution is 2.22. The molecule has 2 aliphatic rings. The van der Waals surface area contributed by atoms with Crippen molar-refractivity contribution in [1.82, 2.24) is 5.32 Å². The van der Waals surface area contributed by atoms with Crippen molar-refractivity contribution < 1.29 is 4.79 Å². The van der Waals surface area contributed by atoms with Gasteiger partial charge >= 0.3 is 0 Å². The molecular formula is C8H8N2O. The summed E-state index contributed by atoms with van der Waals surface area (Å²) in [5, 5.41) is 3.00. The van der Waals surface area contributed by atoms with Gasteiger partial charge in [-0.1, -0.05) is 6.08 Å². The standard InChI is InChI=1S/C8H8N2O/c11-5-6-4-10-8-7(6)2-1-3-9-8/h1,3-5,7H,2H2,(H,9,10). The van der Waals surface area contributed by atoms with Crippen molar-refractivity contribution in [2.45, 2.75) is 6.42 Å². The number of carbonyl (C=O) groups excluding carboxylic acids is 1. The second-order valence-corrected chi connectivity index (χ2v) is 2.60. The van der Waals surface area contributed by atoms with Gasteiger partial charge in [0.05, 0.1) is 5.92 Å². The maximum absolute atomic E-state index is 10.5. The molecule has 3 heteroatoms. The number of nitrogens with zero attached hydrogens (tertiary/aromatic N) is 1. The minimum Gasteiger partial charge on any atom is -0.350 e. The van der Waals surface area contributed by atoms with Gasteiger partial charge in [0, 0.05) is 11.8 Å². The third kappa shape index (κ3) is 0.888. The summed E-state index contributed by atoms with van der Waals surface area (Å²) in [7, 11) is 0. The van der Waals surface area contributed by atoms with Gasteiger partial charge in [0.2, 0.25) is 0 Å². The molecule has 2 rings (SSSR count). The Labute approximate surface area is 64.5 Å². The molecule has 56 valence electrons. The monoisotopic (exact) mass is 148 g/mol. The van der Waals surface area contributed by atoms with Gasteiger partial charge in [0.1, 0.15) is 12.1 Å². The molecule has 11 heavy (non-hydrogen) atoms. The van der Waals surface area contributed by atoms with E-state index in [1.165, 1.54) is 0 Å². The summed E-state index contributed by atoms with van der Waals surface area (Å²) in [4.78, 5) is 14.5. The number of amidine groups is 1. The second kappa shape index (κ2) is 2.34. The van der Waals surface area contributed by atoms with Gasteiger partial charge < -0.3 is 5.32 Å². The molecule has 0 aromatic carbocycles. The number of allylic oxidation sites excluding steroid dienone is 1. The SMILES string of the molecule is O=CC1=CN=C2NC=CCC12. The summed E-state index contributed by atoms with van der Waals surface area (Å²) < 4.78 is 0. The highest BCUT2D eigenvalue weighted by Gasteiger charge is 2.24. The molecule has 2 heterocycles. The summed E-state index contributed by atoms with van der Waals surface area (Å²) in [5.74, 6) is 1.09. The summed E-state index contributed by atoms with van der Waals surface area (Å²) in [6.07, 6.45) is 7.26. The van der Waals surface area contributed by atoms with E-state index in [0.717, 1.165) is 24.1 Å². The quantitative estimate of drug-likeness (QED) is 0.553. The average molecular weight is 148 g/mol. The lowest BCUT2D eigenvalue weighted by Gasteiger charge is -2.15. The first-order valence-corrected chi connectivity index (χ1v) is 3.56. The molecule has 1 N–H and O–H groups in total. The fourth-order valence-electron chi connectivity index (χ4n) is 1.33. The molecule has 2 aliphatic heterocycles. The second-order valence-electron chi connectivity index (χ2n) is 2.60. The maximum Gasteiger partial charge on any atom is 0.148 e. The van der Waals surface area contributed by atoms with Gasteiger partial charge in [0.15, 0.2) is 0 Å². The molecule has 0 amide bonds. The zero-order valence-corrected chi connectivity index (χ0v) is 5.95. The number of hydrogen-bond acceptors (Lipinski definition) is 3. The Kier molecular flexibility index (Phi) is 1.35. The van der Waals surface area contributed by atoms with Crippen LogP contribution in [0.4, 0.5) is 0 Å². The molecule has 0 aromatic heterocycles. The van der Waals surface area contributed by atoms with Gasteiger partial charge in [-0.2, -0.15) is 0 Å². The van der Waals surface area contributed by atoms with Crippen molar-refractivity contribution in [2.24, 2.45) is 10.9 Å². The van der Waals surface area contributed by atoms with E-state index < -0.39 is 0 Å². The third-order valence-electron chi connectivity index (χ3n) is 1.94. The normalized spacial score (nSPS) is 26.7. The predicted molar refractivity (Wildman–Crippen MR) is 42.0 cm³/mol. The smallest absolute Gasteiger partial charge is 0.148 e. The third-order valence-corrected chi connectivity index (χ3v) is 1.94. The molecule has 0 fully saturated rings. The van der Waals surface area contributed by atoms with Gasteiger partial charge in [-0.05, 0) is 12.6 Å². The van der Waals surface area contributed by atoms with E-state index in [-0.39, 0.29) is 5.92 Å². The van der Waals surface area contributed by atoms with Crippen LogP contribution in [0.3, 0.4) is 0 Å². The molecule has 0 spiro atoms. The molecule has 0 radical (unpaired) electrons. The Hall–Kier alpha value is -1.38. The Bertz CT molecular complexity index is 276. The maximum atomic E-state index is 10.5. The summed E-state index contributed by atoms with van der Waals surface area (Å²) in [5.41, 5.74) is 0.775. The molecule has 1 unspecified atom stereocenters. The van der Waals surface area contributed by atoms with Crippen molar-refractivity contribution in [1.29, 1.82) is 0 Å². The zero-order chi connectivity index (χ0) is 7.68. The molecule has 0 bridgehead atoms. The first-order valence-electron chi connectivity index (χ1n) is 3.56. The van der Waals surface area contributed by atoms with E-state index in [4.69, 9.17) is 0 Å². The van der Waals surface area contributed by atoms with E-state index in [0.29, 0.717) is 0 Å². The average Bonchev–Trinajstić information content (AvgIpc) is 2.47. The fraction of sp³-hybridized carbons (Fsp3) is 0.250. The van der Waals surface area contributed by atoms with Gasteiger partial charge in [0.25, 0.3) is 0 Å². The number of hydrogen-bond donors (Lipinski definition) is 1. The number of fused-ring (bicyclic) bond motifs is 1. The van der Waals surface area contributed by atoms with E-state index in [1.54, 1.807) is 6.20 Å². The molecule has 0 aromatic rings. The number of carbonyl (C=O) groups is 1. The van der Waals surface area contributed by atoms with Crippen molar-refractivity contribution in [3.05, 3.63) is 24.0 Å². The Morgan fingerprint density at radius 2 is 2.64 bits per heavy atom. The van der Waals surface area contributed by atoms with Crippen LogP contribution in [-0.4, -0.2) is 12.1 Å². The van der Waals surface area contributed by atoms with Gasteiger partial charge in [-0.3, -0.25) is 4.79 Å². The molecular weight excluding hydrogens is 140 g/mol. The summed E-state index contributed by atoms with van der Waals surface area (Å²) >= 11 is 0. The summed E-state index contributed by atoms with van der Waals surface area (Å²) in [6.45, 7) is 0.